The van der Waals surface area contributed by atoms with E-state index < -0.39 is 0 Å². The normalized spacial score (nSPS) is 33.4. The van der Waals surface area contributed by atoms with Gasteiger partial charge in [0.25, 0.3) is 0 Å². The fraction of sp³-hybridized carbons (Fsp3) is 1.00. The summed E-state index contributed by atoms with van der Waals surface area (Å²) in [5, 5.41) is 8.98. The van der Waals surface area contributed by atoms with Gasteiger partial charge in [0, 0.05) is 32.3 Å². The van der Waals surface area contributed by atoms with Crippen molar-refractivity contribution in [3.63, 3.8) is 0 Å². The molecule has 0 aromatic rings. The predicted octanol–water partition coefficient (Wildman–Crippen LogP) is 0.249. The highest BCUT2D eigenvalue weighted by Gasteiger charge is 2.26. The molecule has 0 radical (unpaired) electrons. The van der Waals surface area contributed by atoms with Gasteiger partial charge >= 0.3 is 0 Å². The second kappa shape index (κ2) is 5.80. The van der Waals surface area contributed by atoms with E-state index in [1.54, 1.807) is 0 Å². The largest absolute Gasteiger partial charge is 0.396 e. The minimum absolute atomic E-state index is 0.246. The molecule has 0 aromatic heterocycles. The van der Waals surface area contributed by atoms with Crippen LogP contribution in [-0.2, 0) is 9.47 Å². The Balaban J connectivity index is 1.80. The summed E-state index contributed by atoms with van der Waals surface area (Å²) in [5.41, 5.74) is 0. The average Bonchev–Trinajstić information content (AvgIpc) is 2.74. The summed E-state index contributed by atoms with van der Waals surface area (Å²) in [6, 6.07) is 0.382. The molecule has 15 heavy (non-hydrogen) atoms. The zero-order valence-electron chi connectivity index (χ0n) is 9.23. The van der Waals surface area contributed by atoms with Gasteiger partial charge in [0.2, 0.25) is 0 Å². The van der Waals surface area contributed by atoms with Crippen LogP contribution in [-0.4, -0.2) is 61.7 Å². The average molecular weight is 215 g/mol. The molecule has 0 saturated carbocycles. The quantitative estimate of drug-likeness (QED) is 0.730. The number of ether oxygens (including phenoxy) is 2. The highest BCUT2D eigenvalue weighted by Crippen LogP contribution is 2.17. The Morgan fingerprint density at radius 1 is 1.33 bits per heavy atom. The third kappa shape index (κ3) is 3.14. The molecule has 1 N–H and O–H groups in total. The van der Waals surface area contributed by atoms with Crippen molar-refractivity contribution < 1.29 is 14.6 Å². The maximum absolute atomic E-state index is 8.98. The van der Waals surface area contributed by atoms with Crippen molar-refractivity contribution in [1.29, 1.82) is 0 Å². The highest BCUT2D eigenvalue weighted by atomic mass is 16.5. The third-order valence-electron chi connectivity index (χ3n) is 3.27. The number of hydrogen-bond acceptors (Lipinski definition) is 4. The van der Waals surface area contributed by atoms with Crippen LogP contribution in [0.5, 0.6) is 0 Å². The first kappa shape index (κ1) is 11.3. The minimum Gasteiger partial charge on any atom is -0.396 e. The van der Waals surface area contributed by atoms with Gasteiger partial charge in [0.15, 0.2) is 0 Å². The van der Waals surface area contributed by atoms with E-state index in [1.807, 2.05) is 0 Å². The summed E-state index contributed by atoms with van der Waals surface area (Å²) in [6.07, 6.45) is 3.60. The maximum atomic E-state index is 8.98. The lowest BCUT2D eigenvalue weighted by Gasteiger charge is -2.36. The lowest BCUT2D eigenvalue weighted by Crippen LogP contribution is -2.48. The van der Waals surface area contributed by atoms with Crippen LogP contribution in [0.4, 0.5) is 0 Å². The van der Waals surface area contributed by atoms with Gasteiger partial charge in [-0.05, 0) is 19.3 Å². The van der Waals surface area contributed by atoms with Crippen molar-refractivity contribution in [2.75, 3.05) is 39.5 Å². The molecule has 2 unspecified atom stereocenters. The van der Waals surface area contributed by atoms with E-state index in [-0.39, 0.29) is 6.61 Å². The number of morpholine rings is 1. The van der Waals surface area contributed by atoms with Crippen LogP contribution in [0.15, 0.2) is 0 Å². The van der Waals surface area contributed by atoms with Crippen molar-refractivity contribution in [3.05, 3.63) is 0 Å². The van der Waals surface area contributed by atoms with E-state index in [0.29, 0.717) is 12.1 Å². The number of rotatable bonds is 4. The molecule has 0 aromatic carbocycles. The van der Waals surface area contributed by atoms with Crippen LogP contribution in [0, 0.1) is 0 Å². The van der Waals surface area contributed by atoms with Crippen LogP contribution in [0.3, 0.4) is 0 Å². The topological polar surface area (TPSA) is 41.9 Å². The molecule has 0 amide bonds. The van der Waals surface area contributed by atoms with Crippen LogP contribution >= 0.6 is 0 Å². The van der Waals surface area contributed by atoms with Gasteiger partial charge in [-0.3, -0.25) is 4.90 Å². The van der Waals surface area contributed by atoms with Gasteiger partial charge in [-0.15, -0.1) is 0 Å². The number of hydrogen-bond donors (Lipinski definition) is 1. The van der Waals surface area contributed by atoms with Crippen molar-refractivity contribution >= 4 is 0 Å². The molecule has 2 atom stereocenters. The molecule has 2 rings (SSSR count). The molecule has 2 heterocycles. The van der Waals surface area contributed by atoms with Gasteiger partial charge < -0.3 is 14.6 Å². The lowest BCUT2D eigenvalue weighted by molar-refractivity contribution is -0.0368. The fourth-order valence-corrected chi connectivity index (χ4v) is 2.39. The first-order chi connectivity index (χ1) is 7.40. The van der Waals surface area contributed by atoms with Gasteiger partial charge in [-0.2, -0.15) is 0 Å². The summed E-state index contributed by atoms with van der Waals surface area (Å²) < 4.78 is 11.1. The Bertz CT molecular complexity index is 181. The summed E-state index contributed by atoms with van der Waals surface area (Å²) in [6.45, 7) is 4.72. The zero-order valence-corrected chi connectivity index (χ0v) is 9.23. The minimum atomic E-state index is 0.246. The SMILES string of the molecule is OCCC1COCCN1CC1CCCO1. The van der Waals surface area contributed by atoms with Gasteiger partial charge in [0.1, 0.15) is 0 Å². The summed E-state index contributed by atoms with van der Waals surface area (Å²) in [4.78, 5) is 2.41. The molecule has 0 aliphatic carbocycles. The fourth-order valence-electron chi connectivity index (χ4n) is 2.39. The van der Waals surface area contributed by atoms with Crippen LogP contribution in [0.2, 0.25) is 0 Å². The highest BCUT2D eigenvalue weighted by molar-refractivity contribution is 4.79. The van der Waals surface area contributed by atoms with Crippen molar-refractivity contribution in [1.82, 2.24) is 4.90 Å². The maximum Gasteiger partial charge on any atom is 0.0702 e. The van der Waals surface area contributed by atoms with Crippen LogP contribution < -0.4 is 0 Å². The predicted molar refractivity (Wildman–Crippen MR) is 56.9 cm³/mol. The molecule has 4 heteroatoms. The Morgan fingerprint density at radius 2 is 2.27 bits per heavy atom. The monoisotopic (exact) mass is 215 g/mol. The van der Waals surface area contributed by atoms with Crippen molar-refractivity contribution in [3.8, 4) is 0 Å². The molecule has 4 nitrogen and oxygen atoms in total. The molecule has 2 aliphatic rings. The first-order valence-electron chi connectivity index (χ1n) is 5.94. The molecule has 0 bridgehead atoms. The smallest absolute Gasteiger partial charge is 0.0702 e. The van der Waals surface area contributed by atoms with Gasteiger partial charge in [0.05, 0.1) is 19.3 Å². The third-order valence-corrected chi connectivity index (χ3v) is 3.27. The standard InChI is InChI=1S/C11H21NO3/c13-5-3-10-9-14-7-4-12(10)8-11-2-1-6-15-11/h10-11,13H,1-9H2. The molecule has 2 saturated heterocycles. The molecule has 0 spiro atoms. The Labute approximate surface area is 91.2 Å². The molecule has 2 fully saturated rings. The second-order valence-corrected chi connectivity index (χ2v) is 4.37. The number of aliphatic hydroxyl groups is 1. The van der Waals surface area contributed by atoms with E-state index in [0.717, 1.165) is 39.3 Å². The number of nitrogens with zero attached hydrogens (tertiary/aromatic N) is 1. The number of aliphatic hydroxyl groups excluding tert-OH is 1. The summed E-state index contributed by atoms with van der Waals surface area (Å²) in [5.74, 6) is 0. The lowest BCUT2D eigenvalue weighted by atomic mass is 10.1. The van der Waals surface area contributed by atoms with Crippen molar-refractivity contribution in [2.24, 2.45) is 0 Å². The van der Waals surface area contributed by atoms with Gasteiger partial charge in [-0.25, -0.2) is 0 Å². The van der Waals surface area contributed by atoms with E-state index in [4.69, 9.17) is 14.6 Å². The Morgan fingerprint density at radius 3 is 3.00 bits per heavy atom. The van der Waals surface area contributed by atoms with E-state index in [2.05, 4.69) is 4.90 Å². The van der Waals surface area contributed by atoms with E-state index in [9.17, 15) is 0 Å². The molecular formula is C11H21NO3. The summed E-state index contributed by atoms with van der Waals surface area (Å²) >= 11 is 0. The Hall–Kier alpha value is -0.160. The van der Waals surface area contributed by atoms with Crippen LogP contribution in [0.25, 0.3) is 0 Å². The Kier molecular flexibility index (Phi) is 4.38. The van der Waals surface area contributed by atoms with E-state index >= 15 is 0 Å². The summed E-state index contributed by atoms with van der Waals surface area (Å²) in [7, 11) is 0. The van der Waals surface area contributed by atoms with Crippen molar-refractivity contribution in [2.45, 2.75) is 31.4 Å². The van der Waals surface area contributed by atoms with Gasteiger partial charge in [-0.1, -0.05) is 0 Å². The molecule has 88 valence electrons. The first-order valence-corrected chi connectivity index (χ1v) is 5.94. The van der Waals surface area contributed by atoms with E-state index in [1.165, 1.54) is 12.8 Å². The molecular weight excluding hydrogens is 194 g/mol. The van der Waals surface area contributed by atoms with Crippen LogP contribution in [0.1, 0.15) is 19.3 Å². The second-order valence-electron chi connectivity index (χ2n) is 4.37. The molecule has 2 aliphatic heterocycles. The zero-order chi connectivity index (χ0) is 10.5.